The molecular weight excluding hydrogens is 290 g/mol. The van der Waals surface area contributed by atoms with E-state index in [1.165, 1.54) is 13.0 Å². The van der Waals surface area contributed by atoms with E-state index in [1.807, 2.05) is 0 Å². The molecule has 1 aromatic rings. The zero-order valence-electron chi connectivity index (χ0n) is 12.0. The van der Waals surface area contributed by atoms with Crippen LogP contribution in [-0.2, 0) is 14.4 Å². The fraction of sp³-hybridized carbons (Fsp3) is 0.214. The van der Waals surface area contributed by atoms with E-state index >= 15 is 0 Å². The summed E-state index contributed by atoms with van der Waals surface area (Å²) >= 11 is 0. The van der Waals surface area contributed by atoms with Crippen LogP contribution < -0.4 is 5.32 Å². The number of urea groups is 1. The molecule has 0 aliphatic carbocycles. The summed E-state index contributed by atoms with van der Waals surface area (Å²) in [6.45, 7) is 0.756. The van der Waals surface area contributed by atoms with E-state index in [0.29, 0.717) is 15.4 Å². The van der Waals surface area contributed by atoms with Gasteiger partial charge in [0.1, 0.15) is 6.54 Å². The molecule has 0 bridgehead atoms. The highest BCUT2D eigenvalue weighted by molar-refractivity contribution is 6.44. The number of Topliss-reactive ketones (excluding diaryl/α,β-unsaturated/α-hetero) is 1. The Morgan fingerprint density at radius 2 is 1.73 bits per heavy atom. The van der Waals surface area contributed by atoms with Gasteiger partial charge in [-0.2, -0.15) is 0 Å². The lowest BCUT2D eigenvalue weighted by molar-refractivity contribution is -0.143. The van der Waals surface area contributed by atoms with Crippen LogP contribution in [0.15, 0.2) is 24.3 Å². The molecular formula is C14H13N3O5. The molecule has 1 saturated heterocycles. The minimum atomic E-state index is -1.05. The molecule has 22 heavy (non-hydrogen) atoms. The van der Waals surface area contributed by atoms with Crippen molar-refractivity contribution in [2.75, 3.05) is 18.9 Å². The van der Waals surface area contributed by atoms with E-state index in [4.69, 9.17) is 0 Å². The predicted octanol–water partition coefficient (Wildman–Crippen LogP) is 0.248. The van der Waals surface area contributed by atoms with Crippen LogP contribution in [0, 0.1) is 0 Å². The van der Waals surface area contributed by atoms with Gasteiger partial charge in [-0.25, -0.2) is 9.69 Å². The summed E-state index contributed by atoms with van der Waals surface area (Å²) in [6, 6.07) is 5.49. The Bertz CT molecular complexity index is 697. The Balaban J connectivity index is 2.12. The second kappa shape index (κ2) is 5.76. The maximum absolute atomic E-state index is 11.9. The van der Waals surface area contributed by atoms with Gasteiger partial charge in [-0.1, -0.05) is 12.1 Å². The number of hydrogen-bond acceptors (Lipinski definition) is 5. The van der Waals surface area contributed by atoms with Crippen LogP contribution in [0.1, 0.15) is 17.3 Å². The van der Waals surface area contributed by atoms with Gasteiger partial charge in [-0.05, 0) is 19.1 Å². The van der Waals surface area contributed by atoms with Crippen molar-refractivity contribution < 1.29 is 24.0 Å². The Hall–Kier alpha value is -3.03. The molecule has 0 spiro atoms. The minimum Gasteiger partial charge on any atom is -0.324 e. The van der Waals surface area contributed by atoms with Crippen molar-refractivity contribution in [1.29, 1.82) is 0 Å². The molecule has 1 fully saturated rings. The van der Waals surface area contributed by atoms with E-state index in [9.17, 15) is 24.0 Å². The first-order chi connectivity index (χ1) is 10.3. The minimum absolute atomic E-state index is 0.237. The molecule has 1 N–H and O–H groups in total. The lowest BCUT2D eigenvalue weighted by Gasteiger charge is -2.14. The number of benzene rings is 1. The van der Waals surface area contributed by atoms with Gasteiger partial charge in [0.05, 0.1) is 5.69 Å². The quantitative estimate of drug-likeness (QED) is 0.488. The molecule has 1 aromatic carbocycles. The summed E-state index contributed by atoms with van der Waals surface area (Å²) < 4.78 is 0. The lowest BCUT2D eigenvalue weighted by atomic mass is 10.1. The van der Waals surface area contributed by atoms with Crippen LogP contribution in [-0.4, -0.2) is 52.9 Å². The maximum Gasteiger partial charge on any atom is 0.334 e. The smallest absolute Gasteiger partial charge is 0.324 e. The van der Waals surface area contributed by atoms with Gasteiger partial charge in [0.15, 0.2) is 5.78 Å². The summed E-state index contributed by atoms with van der Waals surface area (Å²) in [5.41, 5.74) is 0.585. The number of carbonyl (C=O) groups excluding carboxylic acids is 5. The first kappa shape index (κ1) is 15.4. The molecule has 5 amide bonds. The number of rotatable bonds is 4. The number of nitrogens with zero attached hydrogens (tertiary/aromatic N) is 2. The molecule has 0 radical (unpaired) electrons. The highest BCUT2D eigenvalue weighted by Crippen LogP contribution is 2.16. The normalized spacial score (nSPS) is 14.5. The van der Waals surface area contributed by atoms with E-state index in [-0.39, 0.29) is 11.5 Å². The molecule has 1 aliphatic heterocycles. The van der Waals surface area contributed by atoms with Crippen molar-refractivity contribution in [3.05, 3.63) is 29.8 Å². The second-order valence-corrected chi connectivity index (χ2v) is 4.69. The van der Waals surface area contributed by atoms with Gasteiger partial charge < -0.3 is 5.32 Å². The Morgan fingerprint density at radius 1 is 1.09 bits per heavy atom. The first-order valence-corrected chi connectivity index (χ1v) is 6.36. The van der Waals surface area contributed by atoms with Crippen molar-refractivity contribution >= 4 is 35.2 Å². The monoisotopic (exact) mass is 303 g/mol. The number of ketones is 1. The summed E-state index contributed by atoms with van der Waals surface area (Å²) in [5, 5.41) is 2.45. The highest BCUT2D eigenvalue weighted by Gasteiger charge is 2.43. The molecule has 8 nitrogen and oxygen atoms in total. The molecule has 0 saturated carbocycles. The Labute approximate surface area is 125 Å². The highest BCUT2D eigenvalue weighted by atomic mass is 16.2. The van der Waals surface area contributed by atoms with Crippen LogP contribution in [0.3, 0.4) is 0 Å². The van der Waals surface area contributed by atoms with Crippen molar-refractivity contribution in [3.8, 4) is 0 Å². The van der Waals surface area contributed by atoms with Crippen LogP contribution >= 0.6 is 0 Å². The van der Waals surface area contributed by atoms with Crippen LogP contribution in [0.25, 0.3) is 0 Å². The van der Waals surface area contributed by atoms with Crippen LogP contribution in [0.2, 0.25) is 0 Å². The van der Waals surface area contributed by atoms with E-state index < -0.39 is 30.3 Å². The topological polar surface area (TPSA) is 104 Å². The molecule has 0 unspecified atom stereocenters. The standard InChI is InChI=1S/C14H13N3O5/c1-8(18)9-5-3-4-6-10(9)15-11(19)7-17-13(21)12(20)16(2)14(17)22/h3-6H,7H2,1-2H3,(H,15,19). The van der Waals surface area contributed by atoms with E-state index in [2.05, 4.69) is 5.32 Å². The third-order valence-corrected chi connectivity index (χ3v) is 3.13. The summed E-state index contributed by atoms with van der Waals surface area (Å²) in [5.74, 6) is -2.96. The van der Waals surface area contributed by atoms with Gasteiger partial charge in [0.2, 0.25) is 5.91 Å². The number of anilines is 1. The fourth-order valence-electron chi connectivity index (χ4n) is 1.99. The zero-order chi connectivity index (χ0) is 16.4. The van der Waals surface area contributed by atoms with Crippen molar-refractivity contribution in [3.63, 3.8) is 0 Å². The average molecular weight is 303 g/mol. The molecule has 0 aromatic heterocycles. The number of amides is 5. The summed E-state index contributed by atoms with van der Waals surface area (Å²) in [6.07, 6.45) is 0. The third kappa shape index (κ3) is 2.71. The van der Waals surface area contributed by atoms with Crippen molar-refractivity contribution in [2.45, 2.75) is 6.92 Å². The van der Waals surface area contributed by atoms with Crippen LogP contribution in [0.5, 0.6) is 0 Å². The molecule has 1 heterocycles. The number of para-hydroxylation sites is 1. The molecule has 0 atom stereocenters. The number of hydrogen-bond donors (Lipinski definition) is 1. The lowest BCUT2D eigenvalue weighted by Crippen LogP contribution is -2.38. The molecule has 1 aliphatic rings. The molecule has 2 rings (SSSR count). The van der Waals surface area contributed by atoms with Gasteiger partial charge >= 0.3 is 17.8 Å². The largest absolute Gasteiger partial charge is 0.334 e. The summed E-state index contributed by atoms with van der Waals surface area (Å²) in [4.78, 5) is 59.2. The van der Waals surface area contributed by atoms with E-state index in [1.54, 1.807) is 18.2 Å². The fourth-order valence-corrected chi connectivity index (χ4v) is 1.99. The zero-order valence-corrected chi connectivity index (χ0v) is 12.0. The van der Waals surface area contributed by atoms with Gasteiger partial charge in [-0.15, -0.1) is 0 Å². The van der Waals surface area contributed by atoms with Gasteiger partial charge in [0.25, 0.3) is 0 Å². The predicted molar refractivity (Wildman–Crippen MR) is 75.0 cm³/mol. The first-order valence-electron chi connectivity index (χ1n) is 6.36. The number of likely N-dealkylation sites (N-methyl/N-ethyl adjacent to an activating group) is 1. The Morgan fingerprint density at radius 3 is 2.27 bits per heavy atom. The number of carbonyl (C=O) groups is 5. The van der Waals surface area contributed by atoms with E-state index in [0.717, 1.165) is 7.05 Å². The summed E-state index contributed by atoms with van der Waals surface area (Å²) in [7, 11) is 1.16. The van der Waals surface area contributed by atoms with Gasteiger partial charge in [-0.3, -0.25) is 24.1 Å². The maximum atomic E-state index is 11.9. The molecule has 8 heteroatoms. The second-order valence-electron chi connectivity index (χ2n) is 4.69. The Kier molecular flexibility index (Phi) is 4.02. The van der Waals surface area contributed by atoms with Crippen molar-refractivity contribution in [2.24, 2.45) is 0 Å². The van der Waals surface area contributed by atoms with Crippen LogP contribution in [0.4, 0.5) is 10.5 Å². The average Bonchev–Trinajstić information content (AvgIpc) is 2.65. The van der Waals surface area contributed by atoms with Gasteiger partial charge in [0, 0.05) is 12.6 Å². The number of nitrogens with one attached hydrogen (secondary N) is 1. The SMILES string of the molecule is CC(=O)c1ccccc1NC(=O)CN1C(=O)C(=O)N(C)C1=O. The molecule has 114 valence electrons. The van der Waals surface area contributed by atoms with Crippen molar-refractivity contribution in [1.82, 2.24) is 9.80 Å². The number of imide groups is 2. The third-order valence-electron chi connectivity index (χ3n) is 3.13.